The predicted molar refractivity (Wildman–Crippen MR) is 111 cm³/mol. The van der Waals surface area contributed by atoms with Crippen molar-refractivity contribution in [2.75, 3.05) is 20.3 Å². The van der Waals surface area contributed by atoms with Gasteiger partial charge in [0.05, 0.1) is 19.4 Å². The highest BCUT2D eigenvalue weighted by molar-refractivity contribution is 6.00. The van der Waals surface area contributed by atoms with Gasteiger partial charge < -0.3 is 25.1 Å². The molecule has 156 valence electrons. The van der Waals surface area contributed by atoms with Crippen molar-refractivity contribution < 1.29 is 23.8 Å². The lowest BCUT2D eigenvalue weighted by molar-refractivity contribution is -0.0324. The van der Waals surface area contributed by atoms with Gasteiger partial charge in [-0.2, -0.15) is 4.79 Å². The van der Waals surface area contributed by atoms with E-state index in [-0.39, 0.29) is 5.91 Å². The van der Waals surface area contributed by atoms with Crippen LogP contribution >= 0.6 is 0 Å². The van der Waals surface area contributed by atoms with Crippen molar-refractivity contribution in [2.45, 2.75) is 45.6 Å². The number of allylic oxidation sites excluding steroid dienone is 1. The van der Waals surface area contributed by atoms with E-state index in [0.29, 0.717) is 41.7 Å². The van der Waals surface area contributed by atoms with Gasteiger partial charge in [-0.15, -0.1) is 0 Å². The summed E-state index contributed by atoms with van der Waals surface area (Å²) in [4.78, 5) is 16.1. The SMILES string of the molecule is CCCCOC1=C(NC(=O)c2cccc(OC)c2)C=CC(=[N+]=[N-])C1OCCCC. The van der Waals surface area contributed by atoms with Crippen LogP contribution in [0, 0.1) is 0 Å². The molecular weight excluding hydrogens is 370 g/mol. The fraction of sp³-hybridized carbons (Fsp3) is 0.455. The first-order valence-electron chi connectivity index (χ1n) is 9.98. The highest BCUT2D eigenvalue weighted by atomic mass is 16.5. The van der Waals surface area contributed by atoms with Gasteiger partial charge in [0.25, 0.3) is 5.91 Å². The largest absolute Gasteiger partial charge is 0.497 e. The first-order chi connectivity index (χ1) is 14.1. The Labute approximate surface area is 172 Å². The minimum absolute atomic E-state index is 0.295. The molecule has 7 nitrogen and oxygen atoms in total. The van der Waals surface area contributed by atoms with Gasteiger partial charge >= 0.3 is 5.71 Å². The number of hydrogen-bond donors (Lipinski definition) is 1. The second-order valence-electron chi connectivity index (χ2n) is 6.63. The van der Waals surface area contributed by atoms with E-state index >= 15 is 0 Å². The van der Waals surface area contributed by atoms with Crippen LogP contribution in [0.5, 0.6) is 5.75 Å². The van der Waals surface area contributed by atoms with E-state index in [2.05, 4.69) is 24.0 Å². The summed E-state index contributed by atoms with van der Waals surface area (Å²) >= 11 is 0. The number of ether oxygens (including phenoxy) is 3. The Balaban J connectivity index is 2.30. The maximum Gasteiger partial charge on any atom is 0.328 e. The summed E-state index contributed by atoms with van der Waals surface area (Å²) in [5, 5.41) is 2.89. The summed E-state index contributed by atoms with van der Waals surface area (Å²) < 4.78 is 17.1. The fourth-order valence-corrected chi connectivity index (χ4v) is 2.75. The minimum Gasteiger partial charge on any atom is -0.497 e. The number of carbonyl (C=O) groups is 1. The smallest absolute Gasteiger partial charge is 0.328 e. The molecule has 0 fully saturated rings. The van der Waals surface area contributed by atoms with Crippen LogP contribution < -0.4 is 10.1 Å². The van der Waals surface area contributed by atoms with Gasteiger partial charge in [-0.25, -0.2) is 0 Å². The Bertz CT molecular complexity index is 810. The number of unbranched alkanes of at least 4 members (excludes halogenated alkanes) is 2. The van der Waals surface area contributed by atoms with Crippen LogP contribution in [0.1, 0.15) is 49.9 Å². The summed E-state index contributed by atoms with van der Waals surface area (Å²) in [5.41, 5.74) is 10.7. The van der Waals surface area contributed by atoms with Gasteiger partial charge in [0, 0.05) is 18.2 Å². The Morgan fingerprint density at radius 3 is 2.62 bits per heavy atom. The molecule has 1 N–H and O–H groups in total. The van der Waals surface area contributed by atoms with Crippen LogP contribution in [0.25, 0.3) is 5.53 Å². The zero-order valence-electron chi connectivity index (χ0n) is 17.3. The molecule has 0 spiro atoms. The second kappa shape index (κ2) is 11.8. The lowest BCUT2D eigenvalue weighted by atomic mass is 10.0. The Hall–Kier alpha value is -2.89. The molecule has 1 aliphatic rings. The van der Waals surface area contributed by atoms with E-state index in [1.807, 2.05) is 0 Å². The number of amides is 1. The molecule has 1 amide bonds. The second-order valence-corrected chi connectivity index (χ2v) is 6.63. The molecule has 0 aromatic heterocycles. The molecule has 1 aliphatic carbocycles. The molecule has 1 aromatic rings. The van der Waals surface area contributed by atoms with Crippen molar-refractivity contribution in [3.8, 4) is 5.75 Å². The molecular formula is C22H29N3O4. The fourth-order valence-electron chi connectivity index (χ4n) is 2.75. The van der Waals surface area contributed by atoms with E-state index in [1.165, 1.54) is 0 Å². The van der Waals surface area contributed by atoms with Gasteiger partial charge in [-0.1, -0.05) is 32.8 Å². The molecule has 0 radical (unpaired) electrons. The number of nitrogens with zero attached hydrogens (tertiary/aromatic N) is 2. The molecule has 0 heterocycles. The average molecular weight is 399 g/mol. The summed E-state index contributed by atoms with van der Waals surface area (Å²) in [6.45, 7) is 5.11. The van der Waals surface area contributed by atoms with E-state index in [4.69, 9.17) is 14.2 Å². The average Bonchev–Trinajstić information content (AvgIpc) is 2.75. The van der Waals surface area contributed by atoms with Crippen LogP contribution in [-0.2, 0) is 9.47 Å². The molecule has 1 aromatic carbocycles. The van der Waals surface area contributed by atoms with E-state index < -0.39 is 6.10 Å². The Morgan fingerprint density at radius 2 is 1.93 bits per heavy atom. The highest BCUT2D eigenvalue weighted by Crippen LogP contribution is 2.22. The first kappa shape index (κ1) is 22.4. The molecule has 29 heavy (non-hydrogen) atoms. The number of benzene rings is 1. The van der Waals surface area contributed by atoms with Crippen LogP contribution in [0.4, 0.5) is 0 Å². The number of nitrogens with one attached hydrogen (secondary N) is 1. The van der Waals surface area contributed by atoms with Crippen LogP contribution in [0.2, 0.25) is 0 Å². The van der Waals surface area contributed by atoms with Gasteiger partial charge in [0.15, 0.2) is 5.76 Å². The maximum absolute atomic E-state index is 12.8. The van der Waals surface area contributed by atoms with Crippen molar-refractivity contribution in [3.05, 3.63) is 59.0 Å². The van der Waals surface area contributed by atoms with E-state index in [9.17, 15) is 10.3 Å². The van der Waals surface area contributed by atoms with Crippen molar-refractivity contribution in [1.29, 1.82) is 0 Å². The summed E-state index contributed by atoms with van der Waals surface area (Å²) in [6, 6.07) is 6.90. The standard InChI is InChI=1S/C22H29N3O4/c1-4-6-13-28-20-18(11-12-19(25-23)21(20)29-14-7-5-2)24-22(26)16-9-8-10-17(15-16)27-3/h8-12,15,21H,4-7,13-14H2,1-3H3,(H,24,26). The van der Waals surface area contributed by atoms with Crippen LogP contribution in [0.15, 0.2) is 47.9 Å². The third-order valence-electron chi connectivity index (χ3n) is 4.43. The van der Waals surface area contributed by atoms with Crippen molar-refractivity contribution in [1.82, 2.24) is 5.32 Å². The molecule has 7 heteroatoms. The lowest BCUT2D eigenvalue weighted by Gasteiger charge is -2.23. The monoisotopic (exact) mass is 399 g/mol. The molecule has 0 aliphatic heterocycles. The van der Waals surface area contributed by atoms with Gasteiger partial charge in [-0.05, 0) is 37.1 Å². The quantitative estimate of drug-likeness (QED) is 0.347. The summed E-state index contributed by atoms with van der Waals surface area (Å²) in [5.74, 6) is 0.749. The molecule has 0 saturated carbocycles. The molecule has 1 unspecified atom stereocenters. The van der Waals surface area contributed by atoms with Crippen molar-refractivity contribution >= 4 is 11.6 Å². The summed E-state index contributed by atoms with van der Waals surface area (Å²) in [6.07, 6.45) is 6.28. The van der Waals surface area contributed by atoms with Gasteiger partial charge in [0.2, 0.25) is 6.10 Å². The maximum atomic E-state index is 12.8. The molecule has 0 saturated heterocycles. The third-order valence-corrected chi connectivity index (χ3v) is 4.43. The molecule has 1 atom stereocenters. The predicted octanol–water partition coefficient (Wildman–Crippen LogP) is 3.88. The summed E-state index contributed by atoms with van der Waals surface area (Å²) in [7, 11) is 1.55. The van der Waals surface area contributed by atoms with Gasteiger partial charge in [-0.3, -0.25) is 4.79 Å². The lowest BCUT2D eigenvalue weighted by Crippen LogP contribution is -2.35. The number of hydrogen-bond acceptors (Lipinski definition) is 4. The topological polar surface area (TPSA) is 93.2 Å². The molecule has 2 rings (SSSR count). The van der Waals surface area contributed by atoms with E-state index in [1.54, 1.807) is 43.5 Å². The van der Waals surface area contributed by atoms with Crippen LogP contribution in [0.3, 0.4) is 0 Å². The number of rotatable bonds is 11. The zero-order valence-corrected chi connectivity index (χ0v) is 17.3. The Morgan fingerprint density at radius 1 is 1.17 bits per heavy atom. The zero-order chi connectivity index (χ0) is 21.1. The van der Waals surface area contributed by atoms with E-state index in [0.717, 1.165) is 25.7 Å². The van der Waals surface area contributed by atoms with Gasteiger partial charge in [0.1, 0.15) is 5.75 Å². The normalized spacial score (nSPS) is 15.8. The third kappa shape index (κ3) is 6.31. The number of methoxy groups -OCH3 is 1. The van der Waals surface area contributed by atoms with Crippen molar-refractivity contribution in [3.63, 3.8) is 0 Å². The van der Waals surface area contributed by atoms with Crippen LogP contribution in [-0.4, -0.2) is 42.8 Å². The number of carbonyl (C=O) groups excluding carboxylic acids is 1. The minimum atomic E-state index is -0.672. The van der Waals surface area contributed by atoms with Crippen molar-refractivity contribution in [2.24, 2.45) is 0 Å². The highest BCUT2D eigenvalue weighted by Gasteiger charge is 2.34. The first-order valence-corrected chi connectivity index (χ1v) is 9.98. The Kier molecular flexibility index (Phi) is 9.15. The molecule has 0 bridgehead atoms.